The van der Waals surface area contributed by atoms with Gasteiger partial charge in [0.25, 0.3) is 5.91 Å². The lowest BCUT2D eigenvalue weighted by molar-refractivity contribution is 0.0658. The topological polar surface area (TPSA) is 99.8 Å². The molecule has 1 aromatic heterocycles. The molecule has 0 bridgehead atoms. The molecule has 1 heterocycles. The fraction of sp³-hybridized carbons (Fsp3) is 0.538. The second-order valence-corrected chi connectivity index (χ2v) is 5.60. The number of carbonyl (C=O) groups is 2. The highest BCUT2D eigenvalue weighted by molar-refractivity contribution is 5.93. The summed E-state index contributed by atoms with van der Waals surface area (Å²) in [5.41, 5.74) is -0.0364. The van der Waals surface area contributed by atoms with Gasteiger partial charge in [0.05, 0.1) is 6.10 Å². The fourth-order valence-corrected chi connectivity index (χ4v) is 1.65. The van der Waals surface area contributed by atoms with Crippen LogP contribution in [0, 0.1) is 5.41 Å². The molecule has 0 fully saturated rings. The maximum atomic E-state index is 11.6. The minimum Gasteiger partial charge on any atom is -0.475 e. The first kappa shape index (κ1) is 15.2. The number of amides is 1. The summed E-state index contributed by atoms with van der Waals surface area (Å²) in [5.74, 6) is -2.15. The van der Waals surface area contributed by atoms with Crippen molar-refractivity contribution in [2.75, 3.05) is 6.54 Å². The molecule has 3 N–H and O–H groups in total. The summed E-state index contributed by atoms with van der Waals surface area (Å²) in [6.45, 7) is 6.07. The first-order valence-electron chi connectivity index (χ1n) is 5.98. The van der Waals surface area contributed by atoms with Crippen molar-refractivity contribution in [2.45, 2.75) is 33.3 Å². The molecule has 0 radical (unpaired) electrons. The zero-order valence-corrected chi connectivity index (χ0v) is 11.3. The highest BCUT2D eigenvalue weighted by Gasteiger charge is 2.19. The van der Waals surface area contributed by atoms with E-state index in [2.05, 4.69) is 5.32 Å². The van der Waals surface area contributed by atoms with Gasteiger partial charge in [-0.3, -0.25) is 4.79 Å². The van der Waals surface area contributed by atoms with Crippen molar-refractivity contribution in [1.29, 1.82) is 0 Å². The van der Waals surface area contributed by atoms with E-state index in [0.29, 0.717) is 6.42 Å². The lowest BCUT2D eigenvalue weighted by Crippen LogP contribution is -2.34. The van der Waals surface area contributed by atoms with E-state index < -0.39 is 18.0 Å². The molecular weight excluding hydrogens is 250 g/mol. The summed E-state index contributed by atoms with van der Waals surface area (Å²) in [7, 11) is 0. The Balaban J connectivity index is 2.49. The molecule has 1 atom stereocenters. The maximum absolute atomic E-state index is 11.6. The standard InChI is InChI=1S/C13H19NO5/c1-13(2,3)6-8(15)7-14-11(16)9-4-5-10(19-9)12(17)18/h4-5,8,15H,6-7H2,1-3H3,(H,14,16)(H,17,18). The zero-order chi connectivity index (χ0) is 14.6. The van der Waals surface area contributed by atoms with Crippen LogP contribution in [-0.4, -0.2) is 34.7 Å². The number of hydrogen-bond acceptors (Lipinski definition) is 4. The number of carboxylic acids is 1. The predicted molar refractivity (Wildman–Crippen MR) is 68.1 cm³/mol. The van der Waals surface area contributed by atoms with Gasteiger partial charge in [-0.25, -0.2) is 4.79 Å². The number of aliphatic hydroxyl groups excluding tert-OH is 1. The van der Waals surface area contributed by atoms with Crippen molar-refractivity contribution in [3.05, 3.63) is 23.7 Å². The van der Waals surface area contributed by atoms with Crippen molar-refractivity contribution in [3.63, 3.8) is 0 Å². The van der Waals surface area contributed by atoms with Gasteiger partial charge in [0.1, 0.15) is 0 Å². The Hall–Kier alpha value is -1.82. The van der Waals surface area contributed by atoms with Crippen LogP contribution in [0.15, 0.2) is 16.5 Å². The van der Waals surface area contributed by atoms with Crippen molar-refractivity contribution in [3.8, 4) is 0 Å². The number of carboxylic acid groups (broad SMARTS) is 1. The van der Waals surface area contributed by atoms with E-state index in [-0.39, 0.29) is 23.5 Å². The van der Waals surface area contributed by atoms with Gasteiger partial charge >= 0.3 is 5.97 Å². The van der Waals surface area contributed by atoms with Crippen LogP contribution in [-0.2, 0) is 0 Å². The second-order valence-electron chi connectivity index (χ2n) is 5.60. The van der Waals surface area contributed by atoms with Gasteiger partial charge in [-0.15, -0.1) is 0 Å². The minimum atomic E-state index is -1.23. The summed E-state index contributed by atoms with van der Waals surface area (Å²) in [4.78, 5) is 22.2. The van der Waals surface area contributed by atoms with E-state index in [4.69, 9.17) is 9.52 Å². The molecule has 0 aliphatic heterocycles. The van der Waals surface area contributed by atoms with E-state index in [0.717, 1.165) is 0 Å². The molecule has 19 heavy (non-hydrogen) atoms. The number of furan rings is 1. The van der Waals surface area contributed by atoms with E-state index in [1.54, 1.807) is 0 Å². The third-order valence-corrected chi connectivity index (χ3v) is 2.39. The van der Waals surface area contributed by atoms with Crippen LogP contribution in [0.1, 0.15) is 48.3 Å². The van der Waals surface area contributed by atoms with Crippen LogP contribution in [0.25, 0.3) is 0 Å². The molecule has 1 rings (SSSR count). The summed E-state index contributed by atoms with van der Waals surface area (Å²) < 4.78 is 4.85. The number of carbonyl (C=O) groups excluding carboxylic acids is 1. The van der Waals surface area contributed by atoms with Crippen molar-refractivity contribution in [1.82, 2.24) is 5.32 Å². The van der Waals surface area contributed by atoms with Crippen LogP contribution < -0.4 is 5.32 Å². The van der Waals surface area contributed by atoms with Gasteiger partial charge in [0.2, 0.25) is 5.76 Å². The molecule has 6 heteroatoms. The Morgan fingerprint density at radius 1 is 1.32 bits per heavy atom. The molecule has 0 aromatic carbocycles. The van der Waals surface area contributed by atoms with Crippen LogP contribution in [0.4, 0.5) is 0 Å². The summed E-state index contributed by atoms with van der Waals surface area (Å²) in [6, 6.07) is 2.50. The quantitative estimate of drug-likeness (QED) is 0.752. The molecule has 1 aromatic rings. The molecule has 106 valence electrons. The third-order valence-electron chi connectivity index (χ3n) is 2.39. The van der Waals surface area contributed by atoms with Crippen LogP contribution in [0.2, 0.25) is 0 Å². The Bertz CT molecular complexity index is 458. The van der Waals surface area contributed by atoms with E-state index in [9.17, 15) is 14.7 Å². The Kier molecular flexibility index (Phi) is 4.72. The Morgan fingerprint density at radius 2 is 1.89 bits per heavy atom. The summed E-state index contributed by atoms with van der Waals surface area (Å²) >= 11 is 0. The Morgan fingerprint density at radius 3 is 2.37 bits per heavy atom. The molecule has 0 saturated heterocycles. The number of aliphatic hydroxyl groups is 1. The second kappa shape index (κ2) is 5.88. The van der Waals surface area contributed by atoms with E-state index in [1.807, 2.05) is 20.8 Å². The summed E-state index contributed by atoms with van der Waals surface area (Å²) in [5, 5.41) is 20.9. The number of hydrogen-bond donors (Lipinski definition) is 3. The monoisotopic (exact) mass is 269 g/mol. The van der Waals surface area contributed by atoms with Crippen molar-refractivity contribution in [2.24, 2.45) is 5.41 Å². The number of rotatable bonds is 5. The molecule has 1 amide bonds. The first-order chi connectivity index (χ1) is 8.69. The molecule has 6 nitrogen and oxygen atoms in total. The van der Waals surface area contributed by atoms with Gasteiger partial charge < -0.3 is 19.9 Å². The van der Waals surface area contributed by atoms with Gasteiger partial charge in [0, 0.05) is 6.54 Å². The molecule has 0 aliphatic carbocycles. The Labute approximate surface area is 111 Å². The number of aromatic carboxylic acids is 1. The van der Waals surface area contributed by atoms with Crippen LogP contribution >= 0.6 is 0 Å². The number of nitrogens with one attached hydrogen (secondary N) is 1. The molecule has 0 saturated carbocycles. The van der Waals surface area contributed by atoms with Crippen molar-refractivity contribution >= 4 is 11.9 Å². The highest BCUT2D eigenvalue weighted by atomic mass is 16.4. The zero-order valence-electron chi connectivity index (χ0n) is 11.3. The molecule has 1 unspecified atom stereocenters. The average molecular weight is 269 g/mol. The van der Waals surface area contributed by atoms with Crippen LogP contribution in [0.3, 0.4) is 0 Å². The first-order valence-corrected chi connectivity index (χ1v) is 5.98. The maximum Gasteiger partial charge on any atom is 0.371 e. The minimum absolute atomic E-state index is 0.0364. The van der Waals surface area contributed by atoms with Gasteiger partial charge in [0.15, 0.2) is 5.76 Å². The largest absolute Gasteiger partial charge is 0.475 e. The predicted octanol–water partition coefficient (Wildman–Crippen LogP) is 1.50. The third kappa shape index (κ3) is 5.13. The molecular formula is C13H19NO5. The SMILES string of the molecule is CC(C)(C)CC(O)CNC(=O)c1ccc(C(=O)O)o1. The molecule has 0 aliphatic rings. The summed E-state index contributed by atoms with van der Waals surface area (Å²) in [6.07, 6.45) is -0.107. The molecule has 0 spiro atoms. The van der Waals surface area contributed by atoms with Gasteiger partial charge in [-0.1, -0.05) is 20.8 Å². The van der Waals surface area contributed by atoms with Crippen LogP contribution in [0.5, 0.6) is 0 Å². The van der Waals surface area contributed by atoms with E-state index in [1.165, 1.54) is 12.1 Å². The average Bonchev–Trinajstić information content (AvgIpc) is 2.72. The van der Waals surface area contributed by atoms with E-state index >= 15 is 0 Å². The fourth-order valence-electron chi connectivity index (χ4n) is 1.65. The van der Waals surface area contributed by atoms with Gasteiger partial charge in [-0.05, 0) is 24.0 Å². The smallest absolute Gasteiger partial charge is 0.371 e. The van der Waals surface area contributed by atoms with Gasteiger partial charge in [-0.2, -0.15) is 0 Å². The lowest BCUT2D eigenvalue weighted by Gasteiger charge is -2.22. The highest BCUT2D eigenvalue weighted by Crippen LogP contribution is 2.20. The lowest BCUT2D eigenvalue weighted by atomic mass is 9.89. The normalized spacial score (nSPS) is 13.1. The van der Waals surface area contributed by atoms with Crippen molar-refractivity contribution < 1.29 is 24.2 Å².